The van der Waals surface area contributed by atoms with E-state index in [2.05, 4.69) is 49.5 Å². The normalized spacial score (nSPS) is 11.3. The first-order valence-electron chi connectivity index (χ1n) is 7.53. The number of methoxy groups -OCH3 is 1. The van der Waals surface area contributed by atoms with Crippen molar-refractivity contribution in [1.82, 2.24) is 4.98 Å². The number of aryl methyl sites for hydroxylation is 1. The molecule has 1 aromatic carbocycles. The van der Waals surface area contributed by atoms with Crippen LogP contribution in [-0.4, -0.2) is 18.1 Å². The summed E-state index contributed by atoms with van der Waals surface area (Å²) in [6.45, 7) is 9.00. The Hall–Kier alpha value is -1.88. The highest BCUT2D eigenvalue weighted by atomic mass is 32.1. The van der Waals surface area contributed by atoms with Crippen molar-refractivity contribution in [3.63, 3.8) is 0 Å². The quantitative estimate of drug-likeness (QED) is 0.775. The van der Waals surface area contributed by atoms with Crippen molar-refractivity contribution in [2.45, 2.75) is 46.1 Å². The van der Waals surface area contributed by atoms with Gasteiger partial charge in [0.25, 0.3) is 0 Å². The van der Waals surface area contributed by atoms with Crippen LogP contribution in [0.25, 0.3) is 0 Å². The molecule has 1 aromatic heterocycles. The summed E-state index contributed by atoms with van der Waals surface area (Å²) in [4.78, 5) is 15.7. The highest BCUT2D eigenvalue weighted by Gasteiger charge is 2.19. The summed E-state index contributed by atoms with van der Waals surface area (Å²) in [6.07, 6.45) is 0.199. The van der Waals surface area contributed by atoms with E-state index in [0.717, 1.165) is 16.5 Å². The number of esters is 1. The lowest BCUT2D eigenvalue weighted by Crippen LogP contribution is -2.13. The smallest absolute Gasteiger partial charge is 0.311 e. The van der Waals surface area contributed by atoms with Crippen molar-refractivity contribution in [2.24, 2.45) is 0 Å². The Morgan fingerprint density at radius 2 is 2.04 bits per heavy atom. The van der Waals surface area contributed by atoms with E-state index in [0.29, 0.717) is 6.61 Å². The van der Waals surface area contributed by atoms with Gasteiger partial charge in [0, 0.05) is 5.38 Å². The van der Waals surface area contributed by atoms with Crippen molar-refractivity contribution in [3.8, 4) is 5.75 Å². The lowest BCUT2D eigenvalue weighted by Gasteiger charge is -2.23. The van der Waals surface area contributed by atoms with Crippen molar-refractivity contribution in [2.75, 3.05) is 7.11 Å². The van der Waals surface area contributed by atoms with Gasteiger partial charge in [-0.2, -0.15) is 0 Å². The van der Waals surface area contributed by atoms with E-state index in [9.17, 15) is 4.79 Å². The molecule has 0 spiro atoms. The minimum Gasteiger partial charge on any atom is -0.486 e. The molecule has 2 aromatic rings. The number of hydrogen-bond donors (Lipinski definition) is 0. The number of carbonyl (C=O) groups excluding carboxylic acids is 1. The lowest BCUT2D eigenvalue weighted by molar-refractivity contribution is -0.139. The number of nitrogens with zero attached hydrogens (tertiary/aromatic N) is 1. The third kappa shape index (κ3) is 4.79. The van der Waals surface area contributed by atoms with E-state index in [1.54, 1.807) is 0 Å². The van der Waals surface area contributed by atoms with Crippen LogP contribution in [0, 0.1) is 6.92 Å². The molecule has 0 aliphatic heterocycles. The van der Waals surface area contributed by atoms with E-state index in [-0.39, 0.29) is 17.8 Å². The molecule has 0 saturated heterocycles. The first kappa shape index (κ1) is 17.5. The molecule has 23 heavy (non-hydrogen) atoms. The van der Waals surface area contributed by atoms with Crippen LogP contribution in [0.4, 0.5) is 0 Å². The number of rotatable bonds is 5. The van der Waals surface area contributed by atoms with Crippen LogP contribution in [0.3, 0.4) is 0 Å². The first-order valence-corrected chi connectivity index (χ1v) is 8.41. The summed E-state index contributed by atoms with van der Waals surface area (Å²) in [5.41, 5.74) is 3.14. The van der Waals surface area contributed by atoms with Gasteiger partial charge < -0.3 is 9.47 Å². The largest absolute Gasteiger partial charge is 0.486 e. The van der Waals surface area contributed by atoms with Crippen LogP contribution in [0.5, 0.6) is 5.75 Å². The summed E-state index contributed by atoms with van der Waals surface area (Å²) < 4.78 is 10.6. The summed E-state index contributed by atoms with van der Waals surface area (Å²) in [5, 5.41) is 2.72. The Labute approximate surface area is 141 Å². The molecule has 4 nitrogen and oxygen atoms in total. The van der Waals surface area contributed by atoms with Gasteiger partial charge in [0.05, 0.1) is 19.2 Å². The number of thiazole rings is 1. The number of ether oxygens (including phenoxy) is 2. The highest BCUT2D eigenvalue weighted by molar-refractivity contribution is 7.09. The molecule has 0 bridgehead atoms. The molecule has 0 aliphatic carbocycles. The molecule has 0 aliphatic rings. The second kappa shape index (κ2) is 7.13. The highest BCUT2D eigenvalue weighted by Crippen LogP contribution is 2.32. The maximum Gasteiger partial charge on any atom is 0.311 e. The van der Waals surface area contributed by atoms with E-state index in [1.807, 2.05) is 11.4 Å². The van der Waals surface area contributed by atoms with Crippen LogP contribution in [-0.2, 0) is 28.0 Å². The summed E-state index contributed by atoms with van der Waals surface area (Å²) in [7, 11) is 1.38. The van der Waals surface area contributed by atoms with Crippen molar-refractivity contribution < 1.29 is 14.3 Å². The number of hydrogen-bond acceptors (Lipinski definition) is 5. The van der Waals surface area contributed by atoms with Crippen LogP contribution < -0.4 is 4.74 Å². The van der Waals surface area contributed by atoms with E-state index in [4.69, 9.17) is 4.74 Å². The summed E-state index contributed by atoms with van der Waals surface area (Å²) >= 11 is 1.49. The Balaban J connectivity index is 2.08. The van der Waals surface area contributed by atoms with Crippen molar-refractivity contribution in [3.05, 3.63) is 45.4 Å². The van der Waals surface area contributed by atoms with Gasteiger partial charge >= 0.3 is 5.97 Å². The average Bonchev–Trinajstić information content (AvgIpc) is 2.92. The monoisotopic (exact) mass is 333 g/mol. The van der Waals surface area contributed by atoms with Crippen LogP contribution >= 0.6 is 11.3 Å². The predicted octanol–water partition coefficient (Wildman–Crippen LogP) is 4.04. The fraction of sp³-hybridized carbons (Fsp3) is 0.444. The maximum atomic E-state index is 11.3. The van der Waals surface area contributed by atoms with Gasteiger partial charge in [-0.15, -0.1) is 11.3 Å². The van der Waals surface area contributed by atoms with E-state index >= 15 is 0 Å². The standard InChI is InChI=1S/C18H23NO3S/c1-12-6-7-15(14(8-12)18(2,3)4)22-10-16-19-13(11-23-16)9-17(20)21-5/h6-8,11H,9-10H2,1-5H3. The maximum absolute atomic E-state index is 11.3. The lowest BCUT2D eigenvalue weighted by atomic mass is 9.85. The molecule has 0 saturated carbocycles. The molecular formula is C18H23NO3S. The van der Waals surface area contributed by atoms with Gasteiger partial charge in [0.2, 0.25) is 0 Å². The fourth-order valence-corrected chi connectivity index (χ4v) is 2.92. The van der Waals surface area contributed by atoms with Crippen LogP contribution in [0.2, 0.25) is 0 Å². The van der Waals surface area contributed by atoms with Gasteiger partial charge in [-0.1, -0.05) is 38.5 Å². The van der Waals surface area contributed by atoms with Gasteiger partial charge in [0.1, 0.15) is 17.4 Å². The molecule has 0 fully saturated rings. The van der Waals surface area contributed by atoms with Gasteiger partial charge in [-0.25, -0.2) is 4.98 Å². The minimum atomic E-state index is -0.281. The molecule has 0 N–H and O–H groups in total. The van der Waals surface area contributed by atoms with Gasteiger partial charge in [0.15, 0.2) is 0 Å². The second-order valence-electron chi connectivity index (χ2n) is 6.52. The number of carbonyl (C=O) groups is 1. The number of aromatic nitrogens is 1. The van der Waals surface area contributed by atoms with Gasteiger partial charge in [-0.05, 0) is 24.0 Å². The summed E-state index contributed by atoms with van der Waals surface area (Å²) in [5.74, 6) is 0.601. The Morgan fingerprint density at radius 1 is 1.30 bits per heavy atom. The Kier molecular flexibility index (Phi) is 5.42. The molecule has 0 radical (unpaired) electrons. The molecule has 0 unspecified atom stereocenters. The van der Waals surface area contributed by atoms with Crippen LogP contribution in [0.1, 0.15) is 42.6 Å². The zero-order valence-corrected chi connectivity index (χ0v) is 15.1. The topological polar surface area (TPSA) is 48.4 Å². The molecule has 124 valence electrons. The average molecular weight is 333 g/mol. The predicted molar refractivity (Wildman–Crippen MR) is 92.0 cm³/mol. The van der Waals surface area contributed by atoms with E-state index in [1.165, 1.54) is 29.6 Å². The second-order valence-corrected chi connectivity index (χ2v) is 7.47. The SMILES string of the molecule is COC(=O)Cc1csc(COc2ccc(C)cc2C(C)(C)C)n1. The van der Waals surface area contributed by atoms with Crippen LogP contribution in [0.15, 0.2) is 23.6 Å². The Bertz CT molecular complexity index is 686. The number of benzene rings is 1. The summed E-state index contributed by atoms with van der Waals surface area (Å²) in [6, 6.07) is 6.23. The first-order chi connectivity index (χ1) is 10.8. The minimum absolute atomic E-state index is 0.0142. The van der Waals surface area contributed by atoms with Crippen molar-refractivity contribution >= 4 is 17.3 Å². The molecule has 5 heteroatoms. The molecule has 2 rings (SSSR count). The third-order valence-corrected chi connectivity index (χ3v) is 4.32. The molecular weight excluding hydrogens is 310 g/mol. The van der Waals surface area contributed by atoms with Gasteiger partial charge in [-0.3, -0.25) is 4.79 Å². The molecule has 0 atom stereocenters. The van der Waals surface area contributed by atoms with E-state index < -0.39 is 0 Å². The molecule has 1 heterocycles. The van der Waals surface area contributed by atoms with Crippen molar-refractivity contribution in [1.29, 1.82) is 0 Å². The fourth-order valence-electron chi connectivity index (χ4n) is 2.21. The third-order valence-electron chi connectivity index (χ3n) is 3.45. The zero-order valence-electron chi connectivity index (χ0n) is 14.3. The Morgan fingerprint density at radius 3 is 2.70 bits per heavy atom. The zero-order chi connectivity index (χ0) is 17.0. The molecule has 0 amide bonds.